The summed E-state index contributed by atoms with van der Waals surface area (Å²) in [6.07, 6.45) is 5.48. The maximum Gasteiger partial charge on any atom is 0.122 e. The molecule has 0 spiro atoms. The van der Waals surface area contributed by atoms with Crippen molar-refractivity contribution in [1.82, 2.24) is 0 Å². The van der Waals surface area contributed by atoms with E-state index in [4.69, 9.17) is 16.2 Å². The Labute approximate surface area is 116 Å². The second kappa shape index (κ2) is 6.40. The molecule has 0 aliphatic heterocycles. The number of hydrogen-bond donors (Lipinski definition) is 2. The fourth-order valence-electron chi connectivity index (χ4n) is 3.06. The van der Waals surface area contributed by atoms with Crippen molar-refractivity contribution in [2.45, 2.75) is 51.1 Å². The average Bonchev–Trinajstić information content (AvgIpc) is 2.46. The molecule has 4 N–H and O–H groups in total. The van der Waals surface area contributed by atoms with Crippen LogP contribution in [-0.4, -0.2) is 13.2 Å². The first kappa shape index (κ1) is 14.4. The maximum absolute atomic E-state index is 6.45. The number of rotatable bonds is 4. The van der Waals surface area contributed by atoms with Gasteiger partial charge in [-0.25, -0.2) is 0 Å². The maximum atomic E-state index is 6.45. The van der Waals surface area contributed by atoms with Gasteiger partial charge in [-0.3, -0.25) is 0 Å². The Kier molecular flexibility index (Phi) is 4.83. The lowest BCUT2D eigenvalue weighted by Gasteiger charge is -2.31. The summed E-state index contributed by atoms with van der Waals surface area (Å²) in [6.45, 7) is 2.15. The van der Waals surface area contributed by atoms with Crippen LogP contribution in [0.25, 0.3) is 0 Å². The van der Waals surface area contributed by atoms with Crippen molar-refractivity contribution < 1.29 is 4.74 Å². The van der Waals surface area contributed by atoms with Gasteiger partial charge in [0, 0.05) is 12.1 Å². The molecular formula is C16H26N2O. The molecule has 0 amide bonds. The number of aryl methyl sites for hydroxylation is 1. The molecule has 1 fully saturated rings. The van der Waals surface area contributed by atoms with Crippen molar-refractivity contribution in [2.75, 3.05) is 7.11 Å². The molecule has 19 heavy (non-hydrogen) atoms. The molecule has 0 aromatic heterocycles. The molecule has 1 atom stereocenters. The van der Waals surface area contributed by atoms with Gasteiger partial charge in [0.1, 0.15) is 5.75 Å². The van der Waals surface area contributed by atoms with Gasteiger partial charge in [-0.1, -0.05) is 19.1 Å². The van der Waals surface area contributed by atoms with Crippen molar-refractivity contribution in [2.24, 2.45) is 17.4 Å². The van der Waals surface area contributed by atoms with Crippen molar-refractivity contribution in [3.05, 3.63) is 29.3 Å². The Morgan fingerprint density at radius 1 is 1.26 bits per heavy atom. The predicted octanol–water partition coefficient (Wildman–Crippen LogP) is 2.77. The summed E-state index contributed by atoms with van der Waals surface area (Å²) in [5.74, 6) is 1.53. The van der Waals surface area contributed by atoms with Crippen LogP contribution >= 0.6 is 0 Å². The number of benzene rings is 1. The van der Waals surface area contributed by atoms with E-state index >= 15 is 0 Å². The lowest BCUT2D eigenvalue weighted by Crippen LogP contribution is -2.31. The van der Waals surface area contributed by atoms with E-state index in [0.29, 0.717) is 12.0 Å². The van der Waals surface area contributed by atoms with Crippen LogP contribution in [0.4, 0.5) is 0 Å². The van der Waals surface area contributed by atoms with Gasteiger partial charge < -0.3 is 16.2 Å². The second-order valence-electron chi connectivity index (χ2n) is 5.63. The minimum Gasteiger partial charge on any atom is -0.496 e. The molecule has 0 heterocycles. The quantitative estimate of drug-likeness (QED) is 0.877. The Morgan fingerprint density at radius 2 is 1.95 bits per heavy atom. The monoisotopic (exact) mass is 262 g/mol. The zero-order valence-electron chi connectivity index (χ0n) is 12.1. The van der Waals surface area contributed by atoms with Crippen LogP contribution in [0, 0.1) is 5.92 Å². The lowest BCUT2D eigenvalue weighted by atomic mass is 9.79. The normalized spacial score (nSPS) is 25.1. The number of nitrogens with two attached hydrogens (primary N) is 2. The number of methoxy groups -OCH3 is 1. The van der Waals surface area contributed by atoms with Gasteiger partial charge in [-0.05, 0) is 55.2 Å². The third-order valence-corrected chi connectivity index (χ3v) is 4.39. The highest BCUT2D eigenvalue weighted by molar-refractivity contribution is 5.38. The van der Waals surface area contributed by atoms with Crippen LogP contribution in [0.1, 0.15) is 49.8 Å². The van der Waals surface area contributed by atoms with E-state index in [2.05, 4.69) is 19.1 Å². The molecule has 2 rings (SSSR count). The SMILES string of the molecule is CCc1cc(C(N)C2CCC(N)CC2)ccc1OC. The fourth-order valence-corrected chi connectivity index (χ4v) is 3.06. The highest BCUT2D eigenvalue weighted by atomic mass is 16.5. The van der Waals surface area contributed by atoms with E-state index in [9.17, 15) is 0 Å². The van der Waals surface area contributed by atoms with Crippen LogP contribution in [0.5, 0.6) is 5.75 Å². The van der Waals surface area contributed by atoms with Gasteiger partial charge in [0.05, 0.1) is 7.11 Å². The summed E-state index contributed by atoms with van der Waals surface area (Å²) in [4.78, 5) is 0. The fraction of sp³-hybridized carbons (Fsp3) is 0.625. The summed E-state index contributed by atoms with van der Waals surface area (Å²) in [5, 5.41) is 0. The lowest BCUT2D eigenvalue weighted by molar-refractivity contribution is 0.284. The molecule has 3 heteroatoms. The smallest absolute Gasteiger partial charge is 0.122 e. The molecule has 3 nitrogen and oxygen atoms in total. The highest BCUT2D eigenvalue weighted by Gasteiger charge is 2.25. The van der Waals surface area contributed by atoms with Crippen LogP contribution in [-0.2, 0) is 6.42 Å². The molecule has 0 saturated heterocycles. The largest absolute Gasteiger partial charge is 0.496 e. The van der Waals surface area contributed by atoms with Gasteiger partial charge in [-0.2, -0.15) is 0 Å². The number of ether oxygens (including phenoxy) is 1. The van der Waals surface area contributed by atoms with E-state index in [0.717, 1.165) is 37.9 Å². The molecule has 1 saturated carbocycles. The Bertz CT molecular complexity index is 411. The summed E-state index contributed by atoms with van der Waals surface area (Å²) < 4.78 is 5.37. The van der Waals surface area contributed by atoms with E-state index in [1.54, 1.807) is 7.11 Å². The van der Waals surface area contributed by atoms with E-state index in [1.165, 1.54) is 11.1 Å². The topological polar surface area (TPSA) is 61.3 Å². The Balaban J connectivity index is 2.12. The minimum atomic E-state index is 0.128. The zero-order valence-corrected chi connectivity index (χ0v) is 12.1. The molecule has 106 valence electrons. The molecule has 1 aliphatic rings. The molecule has 1 aliphatic carbocycles. The molecule has 1 aromatic carbocycles. The Hall–Kier alpha value is -1.06. The molecule has 0 radical (unpaired) electrons. The molecular weight excluding hydrogens is 236 g/mol. The van der Waals surface area contributed by atoms with Crippen LogP contribution in [0.2, 0.25) is 0 Å². The minimum absolute atomic E-state index is 0.128. The third kappa shape index (κ3) is 3.28. The Morgan fingerprint density at radius 3 is 2.53 bits per heavy atom. The third-order valence-electron chi connectivity index (χ3n) is 4.39. The second-order valence-corrected chi connectivity index (χ2v) is 5.63. The molecule has 1 aromatic rings. The van der Waals surface area contributed by atoms with Crippen LogP contribution in [0.3, 0.4) is 0 Å². The van der Waals surface area contributed by atoms with Crippen molar-refractivity contribution in [3.63, 3.8) is 0 Å². The van der Waals surface area contributed by atoms with Crippen LogP contribution in [0.15, 0.2) is 18.2 Å². The summed E-state index contributed by atoms with van der Waals surface area (Å²) in [6, 6.07) is 6.87. The standard InChI is InChI=1S/C16H26N2O/c1-3-11-10-13(6-9-15(11)19-2)16(18)12-4-7-14(17)8-5-12/h6,9-10,12,14,16H,3-5,7-8,17-18H2,1-2H3. The number of hydrogen-bond acceptors (Lipinski definition) is 3. The molecule has 0 bridgehead atoms. The highest BCUT2D eigenvalue weighted by Crippen LogP contribution is 2.34. The van der Waals surface area contributed by atoms with Crippen molar-refractivity contribution >= 4 is 0 Å². The van der Waals surface area contributed by atoms with Crippen molar-refractivity contribution in [1.29, 1.82) is 0 Å². The summed E-state index contributed by atoms with van der Waals surface area (Å²) in [7, 11) is 1.72. The zero-order chi connectivity index (χ0) is 13.8. The van der Waals surface area contributed by atoms with E-state index in [1.807, 2.05) is 6.07 Å². The first-order valence-corrected chi connectivity index (χ1v) is 7.33. The van der Waals surface area contributed by atoms with Gasteiger partial charge in [0.25, 0.3) is 0 Å². The van der Waals surface area contributed by atoms with Crippen molar-refractivity contribution in [3.8, 4) is 5.75 Å². The van der Waals surface area contributed by atoms with Gasteiger partial charge in [0.2, 0.25) is 0 Å². The summed E-state index contributed by atoms with van der Waals surface area (Å²) >= 11 is 0. The van der Waals surface area contributed by atoms with E-state index < -0.39 is 0 Å². The van der Waals surface area contributed by atoms with Gasteiger partial charge >= 0.3 is 0 Å². The van der Waals surface area contributed by atoms with Gasteiger partial charge in [-0.15, -0.1) is 0 Å². The average molecular weight is 262 g/mol. The van der Waals surface area contributed by atoms with Crippen LogP contribution < -0.4 is 16.2 Å². The first-order chi connectivity index (χ1) is 9.15. The van der Waals surface area contributed by atoms with E-state index in [-0.39, 0.29) is 6.04 Å². The molecule has 1 unspecified atom stereocenters. The predicted molar refractivity (Wildman–Crippen MR) is 79.2 cm³/mol. The van der Waals surface area contributed by atoms with Gasteiger partial charge in [0.15, 0.2) is 0 Å². The summed E-state index contributed by atoms with van der Waals surface area (Å²) in [5.41, 5.74) is 14.9. The first-order valence-electron chi connectivity index (χ1n) is 7.33.